The van der Waals surface area contributed by atoms with Gasteiger partial charge in [0.15, 0.2) is 0 Å². The second kappa shape index (κ2) is 18.1. The van der Waals surface area contributed by atoms with Gasteiger partial charge in [0, 0.05) is 11.1 Å². The molecule has 0 heterocycles. The van der Waals surface area contributed by atoms with Gasteiger partial charge in [0.25, 0.3) is 0 Å². The van der Waals surface area contributed by atoms with Gasteiger partial charge in [-0.15, -0.1) is 0 Å². The van der Waals surface area contributed by atoms with Crippen LogP contribution in [-0.4, -0.2) is 66.5 Å². The van der Waals surface area contributed by atoms with E-state index in [0.29, 0.717) is 12.8 Å². The predicted octanol–water partition coefficient (Wildman–Crippen LogP) is 2.59. The molecule has 0 fully saturated rings. The summed E-state index contributed by atoms with van der Waals surface area (Å²) >= 11 is 0. The summed E-state index contributed by atoms with van der Waals surface area (Å²) in [4.78, 5) is 60.5. The normalized spacial score (nSPS) is 10.5. The Bertz CT molecular complexity index is 1070. The molecule has 0 saturated carbocycles. The number of carbonyl (C=O) groups is 6. The molecule has 0 amide bonds. The highest BCUT2D eigenvalue weighted by Crippen LogP contribution is 2.08. The first kappa shape index (κ1) is 32.7. The molecular weight excluding hydrogens is 504 g/mol. The Balaban J connectivity index is 0.000000596. The summed E-state index contributed by atoms with van der Waals surface area (Å²) in [7, 11) is 0. The van der Waals surface area contributed by atoms with E-state index in [-0.39, 0.29) is 11.1 Å². The number of carboxylic acids is 6. The van der Waals surface area contributed by atoms with Gasteiger partial charge in [-0.2, -0.15) is 0 Å². The maximum absolute atomic E-state index is 10.7. The van der Waals surface area contributed by atoms with Gasteiger partial charge in [0.05, 0.1) is 12.8 Å². The van der Waals surface area contributed by atoms with Gasteiger partial charge in [-0.3, -0.25) is 9.59 Å². The molecule has 0 unspecified atom stereocenters. The third-order valence-electron chi connectivity index (χ3n) is 4.27. The summed E-state index contributed by atoms with van der Waals surface area (Å²) in [5.74, 6) is -8.29. The Kier molecular flexibility index (Phi) is 15.6. The van der Waals surface area contributed by atoms with Gasteiger partial charge in [0.2, 0.25) is 0 Å². The van der Waals surface area contributed by atoms with E-state index in [2.05, 4.69) is 0 Å². The van der Waals surface area contributed by atoms with Crippen LogP contribution in [0.15, 0.2) is 84.0 Å². The third kappa shape index (κ3) is 16.4. The minimum absolute atomic E-state index is 0.0867. The Hall–Kier alpha value is -5.26. The Labute approximate surface area is 216 Å². The first-order valence-corrected chi connectivity index (χ1v) is 10.7. The molecule has 0 radical (unpaired) electrons. The molecule has 0 spiro atoms. The van der Waals surface area contributed by atoms with Crippen molar-refractivity contribution >= 4 is 35.8 Å². The molecule has 38 heavy (non-hydrogen) atoms. The van der Waals surface area contributed by atoms with E-state index < -0.39 is 48.7 Å². The van der Waals surface area contributed by atoms with Crippen LogP contribution in [0.4, 0.5) is 0 Å². The van der Waals surface area contributed by atoms with Crippen LogP contribution in [-0.2, 0) is 41.6 Å². The highest BCUT2D eigenvalue weighted by molar-refractivity contribution is 6.27. The minimum atomic E-state index is -1.82. The second-order valence-electron chi connectivity index (χ2n) is 7.20. The zero-order chi connectivity index (χ0) is 29.1. The summed E-state index contributed by atoms with van der Waals surface area (Å²) in [5.41, 5.74) is 1.73. The van der Waals surface area contributed by atoms with Crippen LogP contribution in [0.2, 0.25) is 0 Å². The number of allylic oxidation sites excluding steroid dienone is 2. The lowest BCUT2D eigenvalue weighted by molar-refractivity contribution is -0.159. The molecule has 12 nitrogen and oxygen atoms in total. The van der Waals surface area contributed by atoms with Gasteiger partial charge >= 0.3 is 35.8 Å². The van der Waals surface area contributed by atoms with E-state index in [1.165, 1.54) is 12.2 Å². The van der Waals surface area contributed by atoms with Crippen LogP contribution in [0.1, 0.15) is 24.0 Å². The maximum Gasteiger partial charge on any atom is 0.414 e. The molecule has 0 aliphatic rings. The maximum atomic E-state index is 10.7. The van der Waals surface area contributed by atoms with Crippen molar-refractivity contribution in [2.45, 2.75) is 25.7 Å². The van der Waals surface area contributed by atoms with Gasteiger partial charge in [0.1, 0.15) is 0 Å². The molecule has 2 aromatic carbocycles. The SMILES string of the molecule is O=C(O)C(=O)O.O=C(O)CC(=CCc1ccccc1)C(=O)O.O=C(O)CC(=CCc1ccccc1)C(=O)O. The molecule has 12 heteroatoms. The topological polar surface area (TPSA) is 224 Å². The van der Waals surface area contributed by atoms with E-state index in [4.69, 9.17) is 40.2 Å². The zero-order valence-electron chi connectivity index (χ0n) is 19.9. The molecule has 0 bridgehead atoms. The van der Waals surface area contributed by atoms with E-state index in [1.807, 2.05) is 60.7 Å². The highest BCUT2D eigenvalue weighted by atomic mass is 16.4. The van der Waals surface area contributed by atoms with Crippen LogP contribution in [0.25, 0.3) is 0 Å². The minimum Gasteiger partial charge on any atom is -0.481 e. The lowest BCUT2D eigenvalue weighted by Crippen LogP contribution is -2.09. The van der Waals surface area contributed by atoms with Crippen molar-refractivity contribution in [1.29, 1.82) is 0 Å². The van der Waals surface area contributed by atoms with Crippen LogP contribution in [0.3, 0.4) is 0 Å². The van der Waals surface area contributed by atoms with Gasteiger partial charge in [-0.1, -0.05) is 72.8 Å². The first-order chi connectivity index (χ1) is 17.8. The number of carboxylic acid groups (broad SMARTS) is 6. The summed E-state index contributed by atoms with van der Waals surface area (Å²) in [6.45, 7) is 0. The lowest BCUT2D eigenvalue weighted by Gasteiger charge is -1.99. The van der Waals surface area contributed by atoms with Crippen molar-refractivity contribution < 1.29 is 59.4 Å². The monoisotopic (exact) mass is 530 g/mol. The lowest BCUT2D eigenvalue weighted by atomic mass is 10.1. The van der Waals surface area contributed by atoms with Crippen LogP contribution in [0.5, 0.6) is 0 Å². The van der Waals surface area contributed by atoms with Crippen molar-refractivity contribution in [3.8, 4) is 0 Å². The van der Waals surface area contributed by atoms with Crippen LogP contribution < -0.4 is 0 Å². The number of hydrogen-bond donors (Lipinski definition) is 6. The summed E-state index contributed by atoms with van der Waals surface area (Å²) < 4.78 is 0. The number of hydrogen-bond acceptors (Lipinski definition) is 6. The molecule has 6 N–H and O–H groups in total. The standard InChI is InChI=1S/2C12H12O4.C2H2O4/c2*13-11(14)8-10(12(15)16)7-6-9-4-2-1-3-5-9;3-1(4)2(5)6/h2*1-5,7H,6,8H2,(H,13,14)(H,15,16);(H,3,4)(H,5,6). The average molecular weight is 530 g/mol. The molecule has 2 aromatic rings. The predicted molar refractivity (Wildman–Crippen MR) is 132 cm³/mol. The summed E-state index contributed by atoms with van der Waals surface area (Å²) in [6, 6.07) is 18.6. The van der Waals surface area contributed by atoms with E-state index in [9.17, 15) is 19.2 Å². The van der Waals surface area contributed by atoms with Crippen molar-refractivity contribution in [3.63, 3.8) is 0 Å². The molecule has 0 saturated heterocycles. The van der Waals surface area contributed by atoms with Gasteiger partial charge in [-0.25, -0.2) is 19.2 Å². The Morgan fingerprint density at radius 2 is 0.763 bits per heavy atom. The number of aliphatic carboxylic acids is 6. The molecule has 202 valence electrons. The Morgan fingerprint density at radius 1 is 0.474 bits per heavy atom. The molecule has 2 rings (SSSR count). The molecule has 0 atom stereocenters. The third-order valence-corrected chi connectivity index (χ3v) is 4.27. The smallest absolute Gasteiger partial charge is 0.414 e. The van der Waals surface area contributed by atoms with Gasteiger partial charge < -0.3 is 30.6 Å². The quantitative estimate of drug-likeness (QED) is 0.193. The fraction of sp³-hybridized carbons (Fsp3) is 0.154. The molecule has 0 aliphatic heterocycles. The highest BCUT2D eigenvalue weighted by Gasteiger charge is 2.12. The first-order valence-electron chi connectivity index (χ1n) is 10.7. The van der Waals surface area contributed by atoms with Crippen LogP contribution >= 0.6 is 0 Å². The second-order valence-corrected chi connectivity index (χ2v) is 7.20. The zero-order valence-corrected chi connectivity index (χ0v) is 19.9. The largest absolute Gasteiger partial charge is 0.481 e. The molecular formula is C26H26O12. The summed E-state index contributed by atoms with van der Waals surface area (Å²) in [5, 5.41) is 49.4. The number of benzene rings is 2. The fourth-order valence-electron chi connectivity index (χ4n) is 2.51. The average Bonchev–Trinajstić information content (AvgIpc) is 2.85. The molecule has 0 aromatic heterocycles. The van der Waals surface area contributed by atoms with E-state index in [1.54, 1.807) is 0 Å². The van der Waals surface area contributed by atoms with Crippen LogP contribution in [0, 0.1) is 0 Å². The van der Waals surface area contributed by atoms with E-state index in [0.717, 1.165) is 11.1 Å². The van der Waals surface area contributed by atoms with E-state index >= 15 is 0 Å². The summed E-state index contributed by atoms with van der Waals surface area (Å²) in [6.07, 6.45) is 2.81. The fourth-order valence-corrected chi connectivity index (χ4v) is 2.51. The van der Waals surface area contributed by atoms with Crippen molar-refractivity contribution in [2.24, 2.45) is 0 Å². The van der Waals surface area contributed by atoms with Crippen molar-refractivity contribution in [2.75, 3.05) is 0 Å². The Morgan fingerprint density at radius 3 is 0.974 bits per heavy atom. The van der Waals surface area contributed by atoms with Crippen molar-refractivity contribution in [1.82, 2.24) is 0 Å². The van der Waals surface area contributed by atoms with Gasteiger partial charge in [-0.05, 0) is 24.0 Å². The number of rotatable bonds is 10. The molecule has 0 aliphatic carbocycles. The van der Waals surface area contributed by atoms with Crippen molar-refractivity contribution in [3.05, 3.63) is 95.1 Å².